The van der Waals surface area contributed by atoms with Gasteiger partial charge in [-0.2, -0.15) is 0 Å². The molecule has 27 heavy (non-hydrogen) atoms. The maximum Gasteiger partial charge on any atom is 0.261 e. The Kier molecular flexibility index (Phi) is 6.15. The van der Waals surface area contributed by atoms with E-state index in [0.29, 0.717) is 10.8 Å². The predicted molar refractivity (Wildman–Crippen MR) is 109 cm³/mol. The number of halogens is 1. The number of benzene rings is 3. The lowest BCUT2D eigenvalue weighted by Crippen LogP contribution is -2.39. The van der Waals surface area contributed by atoms with Gasteiger partial charge in [0.25, 0.3) is 5.91 Å². The SMILES string of the molecule is Cc1ccc([C@@H](NC(=O)[C@@H](C)Oc2ccc(Cl)cc2)c2ccccc2)cc1. The van der Waals surface area contributed by atoms with Crippen molar-refractivity contribution in [2.45, 2.75) is 26.0 Å². The summed E-state index contributed by atoms with van der Waals surface area (Å²) in [5, 5.41) is 3.74. The first kappa shape index (κ1) is 19.0. The van der Waals surface area contributed by atoms with Crippen molar-refractivity contribution in [3.8, 4) is 5.75 Å². The second-order valence-corrected chi connectivity index (χ2v) is 6.91. The summed E-state index contributed by atoms with van der Waals surface area (Å²) >= 11 is 5.89. The van der Waals surface area contributed by atoms with Crippen LogP contribution in [0.15, 0.2) is 78.9 Å². The van der Waals surface area contributed by atoms with Crippen molar-refractivity contribution in [3.05, 3.63) is 101 Å². The predicted octanol–water partition coefficient (Wildman–Crippen LogP) is 5.32. The minimum atomic E-state index is -0.636. The third kappa shape index (κ3) is 5.11. The van der Waals surface area contributed by atoms with E-state index in [-0.39, 0.29) is 11.9 Å². The number of hydrogen-bond donors (Lipinski definition) is 1. The molecule has 3 aromatic carbocycles. The molecular formula is C23H22ClNO2. The minimum Gasteiger partial charge on any atom is -0.481 e. The average molecular weight is 380 g/mol. The summed E-state index contributed by atoms with van der Waals surface area (Å²) in [4.78, 5) is 12.8. The third-order valence-corrected chi connectivity index (χ3v) is 4.58. The highest BCUT2D eigenvalue weighted by Crippen LogP contribution is 2.23. The Hall–Kier alpha value is -2.78. The molecule has 3 rings (SSSR count). The van der Waals surface area contributed by atoms with Crippen molar-refractivity contribution in [2.24, 2.45) is 0 Å². The van der Waals surface area contributed by atoms with Crippen LogP contribution < -0.4 is 10.1 Å². The molecule has 0 aliphatic carbocycles. The van der Waals surface area contributed by atoms with Gasteiger partial charge >= 0.3 is 0 Å². The summed E-state index contributed by atoms with van der Waals surface area (Å²) < 4.78 is 5.75. The first-order valence-corrected chi connectivity index (χ1v) is 9.25. The summed E-state index contributed by atoms with van der Waals surface area (Å²) in [6.07, 6.45) is -0.636. The Morgan fingerprint density at radius 2 is 1.48 bits per heavy atom. The molecule has 1 amide bonds. The van der Waals surface area contributed by atoms with Gasteiger partial charge in [0.05, 0.1) is 6.04 Å². The van der Waals surface area contributed by atoms with Crippen LogP contribution in [0.4, 0.5) is 0 Å². The molecule has 0 unspecified atom stereocenters. The van der Waals surface area contributed by atoms with Gasteiger partial charge in [-0.15, -0.1) is 0 Å². The number of hydrogen-bond acceptors (Lipinski definition) is 2. The molecule has 1 N–H and O–H groups in total. The molecule has 0 heterocycles. The number of aryl methyl sites for hydroxylation is 1. The highest BCUT2D eigenvalue weighted by atomic mass is 35.5. The number of carbonyl (C=O) groups is 1. The molecule has 0 aliphatic rings. The van der Waals surface area contributed by atoms with Crippen LogP contribution >= 0.6 is 11.6 Å². The molecule has 2 atom stereocenters. The van der Waals surface area contributed by atoms with Crippen LogP contribution in [0.25, 0.3) is 0 Å². The van der Waals surface area contributed by atoms with Crippen molar-refractivity contribution in [1.82, 2.24) is 5.32 Å². The number of carbonyl (C=O) groups excluding carboxylic acids is 1. The van der Waals surface area contributed by atoms with E-state index in [9.17, 15) is 4.79 Å². The quantitative estimate of drug-likeness (QED) is 0.629. The lowest BCUT2D eigenvalue weighted by molar-refractivity contribution is -0.127. The van der Waals surface area contributed by atoms with Gasteiger partial charge in [0.2, 0.25) is 0 Å². The molecule has 0 aromatic heterocycles. The second kappa shape index (κ2) is 8.74. The summed E-state index contributed by atoms with van der Waals surface area (Å²) in [6, 6.07) is 24.8. The fourth-order valence-corrected chi connectivity index (χ4v) is 2.92. The van der Waals surface area contributed by atoms with E-state index in [1.807, 2.05) is 61.5 Å². The van der Waals surface area contributed by atoms with Crippen molar-refractivity contribution in [2.75, 3.05) is 0 Å². The Morgan fingerprint density at radius 3 is 2.11 bits per heavy atom. The largest absolute Gasteiger partial charge is 0.481 e. The zero-order chi connectivity index (χ0) is 19.2. The fourth-order valence-electron chi connectivity index (χ4n) is 2.79. The van der Waals surface area contributed by atoms with Gasteiger partial charge in [0.15, 0.2) is 6.10 Å². The maximum atomic E-state index is 12.8. The smallest absolute Gasteiger partial charge is 0.261 e. The Labute approximate surface area is 164 Å². The van der Waals surface area contributed by atoms with E-state index in [1.54, 1.807) is 31.2 Å². The van der Waals surface area contributed by atoms with E-state index >= 15 is 0 Å². The van der Waals surface area contributed by atoms with Crippen molar-refractivity contribution >= 4 is 17.5 Å². The highest BCUT2D eigenvalue weighted by Gasteiger charge is 2.21. The average Bonchev–Trinajstić information content (AvgIpc) is 2.69. The lowest BCUT2D eigenvalue weighted by atomic mass is 9.97. The summed E-state index contributed by atoms with van der Waals surface area (Å²) in [5.41, 5.74) is 3.23. The second-order valence-electron chi connectivity index (χ2n) is 6.48. The number of ether oxygens (including phenoxy) is 1. The molecule has 0 fully saturated rings. The molecule has 0 aliphatic heterocycles. The van der Waals surface area contributed by atoms with Gasteiger partial charge in [-0.05, 0) is 49.2 Å². The van der Waals surface area contributed by atoms with Gasteiger partial charge in [0, 0.05) is 5.02 Å². The molecule has 3 nitrogen and oxygen atoms in total. The summed E-state index contributed by atoms with van der Waals surface area (Å²) in [6.45, 7) is 3.78. The van der Waals surface area contributed by atoms with Gasteiger partial charge in [-0.3, -0.25) is 4.79 Å². The normalized spacial score (nSPS) is 12.9. The zero-order valence-corrected chi connectivity index (χ0v) is 16.1. The van der Waals surface area contributed by atoms with Crippen LogP contribution in [0.1, 0.15) is 29.7 Å². The molecule has 0 saturated carbocycles. The molecular weight excluding hydrogens is 358 g/mol. The molecule has 0 spiro atoms. The first-order chi connectivity index (χ1) is 13.0. The van der Waals surface area contributed by atoms with Crippen LogP contribution in [-0.2, 0) is 4.79 Å². The fraction of sp³-hybridized carbons (Fsp3) is 0.174. The number of rotatable bonds is 6. The van der Waals surface area contributed by atoms with Crippen LogP contribution in [0.2, 0.25) is 5.02 Å². The standard InChI is InChI=1S/C23H22ClNO2/c1-16-8-10-19(11-9-16)22(18-6-4-3-5-7-18)25-23(26)17(2)27-21-14-12-20(24)13-15-21/h3-15,17,22H,1-2H3,(H,25,26)/t17-,22+/m1/s1. The Balaban J connectivity index is 1.77. The molecule has 0 saturated heterocycles. The summed E-state index contributed by atoms with van der Waals surface area (Å²) in [7, 11) is 0. The highest BCUT2D eigenvalue weighted by molar-refractivity contribution is 6.30. The van der Waals surface area contributed by atoms with E-state index in [4.69, 9.17) is 16.3 Å². The van der Waals surface area contributed by atoms with Crippen LogP contribution in [0.5, 0.6) is 5.75 Å². The molecule has 3 aromatic rings. The Morgan fingerprint density at radius 1 is 0.889 bits per heavy atom. The van der Waals surface area contributed by atoms with Gasteiger partial charge < -0.3 is 10.1 Å². The van der Waals surface area contributed by atoms with Gasteiger partial charge in [0.1, 0.15) is 5.75 Å². The lowest BCUT2D eigenvalue weighted by Gasteiger charge is -2.23. The van der Waals surface area contributed by atoms with E-state index in [1.165, 1.54) is 5.56 Å². The molecule has 0 bridgehead atoms. The molecule has 138 valence electrons. The van der Waals surface area contributed by atoms with Gasteiger partial charge in [-0.25, -0.2) is 0 Å². The van der Waals surface area contributed by atoms with Crippen molar-refractivity contribution < 1.29 is 9.53 Å². The third-order valence-electron chi connectivity index (χ3n) is 4.33. The number of nitrogens with one attached hydrogen (secondary N) is 1. The van der Waals surface area contributed by atoms with Crippen LogP contribution in [0.3, 0.4) is 0 Å². The van der Waals surface area contributed by atoms with Gasteiger partial charge in [-0.1, -0.05) is 71.8 Å². The zero-order valence-electron chi connectivity index (χ0n) is 15.4. The summed E-state index contributed by atoms with van der Waals surface area (Å²) in [5.74, 6) is 0.424. The molecule has 4 heteroatoms. The van der Waals surface area contributed by atoms with Crippen LogP contribution in [0, 0.1) is 6.92 Å². The van der Waals surface area contributed by atoms with Crippen LogP contribution in [-0.4, -0.2) is 12.0 Å². The Bertz CT molecular complexity index is 877. The van der Waals surface area contributed by atoms with E-state index in [2.05, 4.69) is 5.32 Å². The topological polar surface area (TPSA) is 38.3 Å². The maximum absolute atomic E-state index is 12.8. The number of amides is 1. The monoisotopic (exact) mass is 379 g/mol. The first-order valence-electron chi connectivity index (χ1n) is 8.87. The van der Waals surface area contributed by atoms with E-state index in [0.717, 1.165) is 11.1 Å². The minimum absolute atomic E-state index is 0.181. The van der Waals surface area contributed by atoms with Crippen molar-refractivity contribution in [3.63, 3.8) is 0 Å². The molecule has 0 radical (unpaired) electrons. The van der Waals surface area contributed by atoms with E-state index < -0.39 is 6.10 Å². The van der Waals surface area contributed by atoms with Crippen molar-refractivity contribution in [1.29, 1.82) is 0 Å².